The van der Waals surface area contributed by atoms with Crippen LogP contribution in [0.4, 0.5) is 13.2 Å². The van der Waals surface area contributed by atoms with Crippen molar-refractivity contribution in [1.82, 2.24) is 10.3 Å². The highest BCUT2D eigenvalue weighted by molar-refractivity contribution is 7.09. The lowest BCUT2D eigenvalue weighted by Gasteiger charge is -2.16. The van der Waals surface area contributed by atoms with Gasteiger partial charge < -0.3 is 11.1 Å². The summed E-state index contributed by atoms with van der Waals surface area (Å²) in [7, 11) is 0. The lowest BCUT2D eigenvalue weighted by Crippen LogP contribution is -2.48. The van der Waals surface area contributed by atoms with Crippen molar-refractivity contribution in [2.24, 2.45) is 5.73 Å². The lowest BCUT2D eigenvalue weighted by molar-refractivity contribution is -0.140. The maximum absolute atomic E-state index is 12.2. The molecule has 0 aliphatic carbocycles. The third kappa shape index (κ3) is 4.79. The highest BCUT2D eigenvalue weighted by atomic mass is 35.5. The Bertz CT molecular complexity index is 414. The number of aromatic nitrogens is 1. The maximum Gasteiger partial charge on any atom is 0.434 e. The second-order valence-electron chi connectivity index (χ2n) is 4.03. The van der Waals surface area contributed by atoms with E-state index in [-0.39, 0.29) is 24.0 Å². The number of amides is 1. The SMILES string of the molecule is CC(C)(N)C(=O)NCc1nc(C(F)(F)F)cs1.Cl. The molecule has 1 aromatic rings. The summed E-state index contributed by atoms with van der Waals surface area (Å²) in [5.74, 6) is -0.443. The van der Waals surface area contributed by atoms with Crippen molar-refractivity contribution in [1.29, 1.82) is 0 Å². The number of nitrogens with one attached hydrogen (secondary N) is 1. The van der Waals surface area contributed by atoms with Gasteiger partial charge in [0.05, 0.1) is 12.1 Å². The molecule has 1 aromatic heterocycles. The molecule has 18 heavy (non-hydrogen) atoms. The number of hydrogen-bond acceptors (Lipinski definition) is 4. The van der Waals surface area contributed by atoms with Crippen LogP contribution < -0.4 is 11.1 Å². The molecule has 1 heterocycles. The quantitative estimate of drug-likeness (QED) is 0.896. The van der Waals surface area contributed by atoms with Crippen molar-refractivity contribution in [2.45, 2.75) is 32.1 Å². The van der Waals surface area contributed by atoms with Gasteiger partial charge in [-0.3, -0.25) is 4.79 Å². The van der Waals surface area contributed by atoms with Gasteiger partial charge in [-0.25, -0.2) is 4.98 Å². The molecule has 0 aromatic carbocycles. The van der Waals surface area contributed by atoms with E-state index >= 15 is 0 Å². The fourth-order valence-electron chi connectivity index (χ4n) is 0.906. The van der Waals surface area contributed by atoms with E-state index in [9.17, 15) is 18.0 Å². The van der Waals surface area contributed by atoms with Crippen LogP contribution in [0.3, 0.4) is 0 Å². The number of alkyl halides is 3. The van der Waals surface area contributed by atoms with Crippen LogP contribution in [0.2, 0.25) is 0 Å². The van der Waals surface area contributed by atoms with Crippen molar-refractivity contribution in [3.8, 4) is 0 Å². The number of nitrogens with two attached hydrogens (primary N) is 1. The summed E-state index contributed by atoms with van der Waals surface area (Å²) in [4.78, 5) is 14.7. The Balaban J connectivity index is 0.00000289. The average Bonchev–Trinajstić information content (AvgIpc) is 2.59. The zero-order valence-corrected chi connectivity index (χ0v) is 11.3. The molecule has 3 N–H and O–H groups in total. The zero-order chi connectivity index (χ0) is 13.3. The van der Waals surface area contributed by atoms with Crippen molar-refractivity contribution >= 4 is 29.7 Å². The van der Waals surface area contributed by atoms with Crippen LogP contribution in [0.15, 0.2) is 5.38 Å². The zero-order valence-electron chi connectivity index (χ0n) is 9.67. The molecular weight excluding hydrogens is 291 g/mol. The maximum atomic E-state index is 12.2. The van der Waals surface area contributed by atoms with Crippen LogP contribution in [-0.4, -0.2) is 16.4 Å². The van der Waals surface area contributed by atoms with E-state index in [1.54, 1.807) is 0 Å². The number of rotatable bonds is 3. The summed E-state index contributed by atoms with van der Waals surface area (Å²) in [6, 6.07) is 0. The number of thiazole rings is 1. The molecule has 104 valence electrons. The minimum Gasteiger partial charge on any atom is -0.348 e. The standard InChI is InChI=1S/C9H12F3N3OS.ClH/c1-8(2,13)7(16)14-3-6-15-5(4-17-6)9(10,11)12;/h4H,3,13H2,1-2H3,(H,14,16);1H. The van der Waals surface area contributed by atoms with Crippen molar-refractivity contribution in [3.05, 3.63) is 16.1 Å². The molecule has 0 aliphatic rings. The Morgan fingerprint density at radius 1 is 1.50 bits per heavy atom. The van der Waals surface area contributed by atoms with Crippen molar-refractivity contribution < 1.29 is 18.0 Å². The predicted octanol–water partition coefficient (Wildman–Crippen LogP) is 1.94. The first-order valence-corrected chi connectivity index (χ1v) is 5.57. The molecule has 0 saturated heterocycles. The minimum atomic E-state index is -4.45. The molecule has 0 radical (unpaired) electrons. The molecule has 0 fully saturated rings. The summed E-state index contributed by atoms with van der Waals surface area (Å²) >= 11 is 0.842. The molecule has 0 saturated carbocycles. The Labute approximate surface area is 112 Å². The van der Waals surface area contributed by atoms with E-state index in [1.807, 2.05) is 0 Å². The van der Waals surface area contributed by atoms with Crippen LogP contribution in [-0.2, 0) is 17.5 Å². The van der Waals surface area contributed by atoms with E-state index in [0.29, 0.717) is 0 Å². The number of halogens is 4. The van der Waals surface area contributed by atoms with Crippen molar-refractivity contribution in [3.63, 3.8) is 0 Å². The normalized spacial score (nSPS) is 11.9. The molecular formula is C9H13ClF3N3OS. The number of hydrogen-bond donors (Lipinski definition) is 2. The Morgan fingerprint density at radius 3 is 2.44 bits per heavy atom. The predicted molar refractivity (Wildman–Crippen MR) is 64.5 cm³/mol. The molecule has 0 atom stereocenters. The summed E-state index contributed by atoms with van der Waals surface area (Å²) in [5.41, 5.74) is 3.50. The first kappa shape index (κ1) is 17.1. The third-order valence-corrected chi connectivity index (χ3v) is 2.68. The molecule has 0 spiro atoms. The fourth-order valence-corrected chi connectivity index (χ4v) is 1.65. The lowest BCUT2D eigenvalue weighted by atomic mass is 10.1. The number of nitrogens with zero attached hydrogens (tertiary/aromatic N) is 1. The van der Waals surface area contributed by atoms with Gasteiger partial charge in [0.15, 0.2) is 5.69 Å². The first-order chi connectivity index (χ1) is 7.60. The number of carbonyl (C=O) groups excluding carboxylic acids is 1. The van der Waals surface area contributed by atoms with Gasteiger partial charge in [0.2, 0.25) is 5.91 Å². The van der Waals surface area contributed by atoms with Gasteiger partial charge in [0, 0.05) is 5.38 Å². The molecule has 4 nitrogen and oxygen atoms in total. The van der Waals surface area contributed by atoms with Gasteiger partial charge in [-0.05, 0) is 13.8 Å². The van der Waals surface area contributed by atoms with Gasteiger partial charge in [-0.1, -0.05) is 0 Å². The molecule has 0 bridgehead atoms. The van der Waals surface area contributed by atoms with Crippen molar-refractivity contribution in [2.75, 3.05) is 0 Å². The molecule has 0 unspecified atom stereocenters. The fraction of sp³-hybridized carbons (Fsp3) is 0.556. The smallest absolute Gasteiger partial charge is 0.348 e. The second kappa shape index (κ2) is 5.85. The Morgan fingerprint density at radius 2 is 2.06 bits per heavy atom. The molecule has 1 amide bonds. The van der Waals surface area contributed by atoms with E-state index in [0.717, 1.165) is 16.7 Å². The van der Waals surface area contributed by atoms with Gasteiger partial charge in [-0.15, -0.1) is 23.7 Å². The monoisotopic (exact) mass is 303 g/mol. The Kier molecular flexibility index (Phi) is 5.57. The topological polar surface area (TPSA) is 68.0 Å². The molecule has 1 rings (SSSR count). The van der Waals surface area contributed by atoms with Crippen LogP contribution in [0.1, 0.15) is 24.5 Å². The average molecular weight is 304 g/mol. The highest BCUT2D eigenvalue weighted by Gasteiger charge is 2.33. The van der Waals surface area contributed by atoms with Gasteiger partial charge in [-0.2, -0.15) is 13.2 Å². The van der Waals surface area contributed by atoms with Crippen LogP contribution in [0.25, 0.3) is 0 Å². The van der Waals surface area contributed by atoms with E-state index in [2.05, 4.69) is 10.3 Å². The largest absolute Gasteiger partial charge is 0.434 e. The minimum absolute atomic E-state index is 0. The van der Waals surface area contributed by atoms with Crippen LogP contribution in [0, 0.1) is 0 Å². The van der Waals surface area contributed by atoms with E-state index in [1.165, 1.54) is 13.8 Å². The highest BCUT2D eigenvalue weighted by Crippen LogP contribution is 2.29. The van der Waals surface area contributed by atoms with E-state index in [4.69, 9.17) is 5.73 Å². The van der Waals surface area contributed by atoms with Gasteiger partial charge >= 0.3 is 6.18 Å². The van der Waals surface area contributed by atoms with E-state index < -0.39 is 23.3 Å². The summed E-state index contributed by atoms with van der Waals surface area (Å²) in [6.45, 7) is 2.96. The summed E-state index contributed by atoms with van der Waals surface area (Å²) in [6.07, 6.45) is -4.45. The van der Waals surface area contributed by atoms with Crippen LogP contribution >= 0.6 is 23.7 Å². The summed E-state index contributed by atoms with van der Waals surface area (Å²) in [5, 5.41) is 3.52. The molecule has 9 heteroatoms. The van der Waals surface area contributed by atoms with Crippen LogP contribution in [0.5, 0.6) is 0 Å². The van der Waals surface area contributed by atoms with Gasteiger partial charge in [0.1, 0.15) is 5.01 Å². The Hall–Kier alpha value is -0.860. The third-order valence-electron chi connectivity index (χ3n) is 1.83. The second-order valence-corrected chi connectivity index (χ2v) is 4.97. The summed E-state index contributed by atoms with van der Waals surface area (Å²) < 4.78 is 36.7. The number of carbonyl (C=O) groups is 1. The van der Waals surface area contributed by atoms with Gasteiger partial charge in [0.25, 0.3) is 0 Å². The first-order valence-electron chi connectivity index (χ1n) is 4.69. The molecule has 0 aliphatic heterocycles.